The number of hydrogen-bond acceptors (Lipinski definition) is 3. The van der Waals surface area contributed by atoms with Gasteiger partial charge < -0.3 is 15.5 Å². The van der Waals surface area contributed by atoms with Gasteiger partial charge >= 0.3 is 0 Å². The van der Waals surface area contributed by atoms with Gasteiger partial charge in [0.05, 0.1) is 4.90 Å². The number of halogens is 1. The smallest absolute Gasteiger partial charge is 0.285 e. The van der Waals surface area contributed by atoms with Crippen LogP contribution in [-0.4, -0.2) is 45.5 Å². The molecule has 6 nitrogen and oxygen atoms in total. The summed E-state index contributed by atoms with van der Waals surface area (Å²) in [7, 11) is -3.89. The normalized spacial score (nSPS) is 15.6. The number of nitrogens with zero attached hydrogens (tertiary/aromatic N) is 3. The van der Waals surface area contributed by atoms with Crippen LogP contribution in [0.1, 0.15) is 5.56 Å². The minimum Gasteiger partial charge on any atom is -0.369 e. The maximum Gasteiger partial charge on any atom is 0.285 e. The molecule has 1 aliphatic heterocycles. The Morgan fingerprint density at radius 3 is 2.40 bits per heavy atom. The molecule has 8 heteroatoms. The van der Waals surface area contributed by atoms with Crippen LogP contribution in [0.25, 0.3) is 10.8 Å². The number of piperazine rings is 1. The summed E-state index contributed by atoms with van der Waals surface area (Å²) in [5.41, 5.74) is 8.31. The zero-order valence-corrected chi connectivity index (χ0v) is 18.2. The summed E-state index contributed by atoms with van der Waals surface area (Å²) >= 11 is 6.14. The van der Waals surface area contributed by atoms with Crippen LogP contribution in [0.15, 0.2) is 70.0 Å². The zero-order valence-electron chi connectivity index (χ0n) is 16.6. The Labute approximate surface area is 181 Å². The Bertz CT molecular complexity index is 1220. The van der Waals surface area contributed by atoms with Crippen molar-refractivity contribution in [1.82, 2.24) is 4.90 Å². The average Bonchev–Trinajstić information content (AvgIpc) is 2.75. The van der Waals surface area contributed by atoms with Gasteiger partial charge in [-0.25, -0.2) is 0 Å². The van der Waals surface area contributed by atoms with Gasteiger partial charge in [-0.1, -0.05) is 48.0 Å². The van der Waals surface area contributed by atoms with Gasteiger partial charge in [0, 0.05) is 36.9 Å². The van der Waals surface area contributed by atoms with E-state index in [0.717, 1.165) is 22.0 Å². The van der Waals surface area contributed by atoms with E-state index in [1.54, 1.807) is 23.1 Å². The Hall–Kier alpha value is -2.77. The van der Waals surface area contributed by atoms with Crippen LogP contribution in [-0.2, 0) is 10.0 Å². The number of guanidine groups is 1. The van der Waals surface area contributed by atoms with E-state index in [-0.39, 0.29) is 10.9 Å². The van der Waals surface area contributed by atoms with Gasteiger partial charge in [0.1, 0.15) is 0 Å². The van der Waals surface area contributed by atoms with Gasteiger partial charge in [0.15, 0.2) is 0 Å². The number of hydrogen-bond donors (Lipinski definition) is 1. The molecule has 0 saturated carbocycles. The van der Waals surface area contributed by atoms with Crippen molar-refractivity contribution in [3.8, 4) is 0 Å². The van der Waals surface area contributed by atoms with Crippen molar-refractivity contribution in [1.29, 1.82) is 0 Å². The van der Waals surface area contributed by atoms with Crippen LogP contribution in [0.2, 0.25) is 5.02 Å². The standard InChI is InChI=1S/C22H23ClN4O2S/c1-16-6-8-19(23)15-21(16)26-10-12-27(13-11-26)22(24)25-30(28,29)20-9-7-17-4-2-3-5-18(17)14-20/h2-9,14-15H,10-13H2,1H3,(H2,24,25). The van der Waals surface area contributed by atoms with Crippen molar-refractivity contribution in [3.63, 3.8) is 0 Å². The fourth-order valence-corrected chi connectivity index (χ4v) is 4.81. The van der Waals surface area contributed by atoms with E-state index in [1.807, 2.05) is 49.4 Å². The van der Waals surface area contributed by atoms with Crippen LogP contribution in [0, 0.1) is 6.92 Å². The molecule has 1 aliphatic rings. The zero-order chi connectivity index (χ0) is 21.3. The molecule has 156 valence electrons. The number of rotatable bonds is 3. The number of aryl methyl sites for hydroxylation is 1. The van der Waals surface area contributed by atoms with Gasteiger partial charge in [-0.3, -0.25) is 0 Å². The SMILES string of the molecule is Cc1ccc(Cl)cc1N1CCN(C(N)=NS(=O)(=O)c2ccc3ccccc3c2)CC1. The molecule has 0 unspecified atom stereocenters. The molecule has 30 heavy (non-hydrogen) atoms. The highest BCUT2D eigenvalue weighted by Gasteiger charge is 2.22. The Kier molecular flexibility index (Phi) is 5.58. The molecule has 0 aromatic heterocycles. The van der Waals surface area contributed by atoms with Crippen LogP contribution in [0.4, 0.5) is 5.69 Å². The molecule has 1 heterocycles. The van der Waals surface area contributed by atoms with Gasteiger partial charge in [-0.2, -0.15) is 8.42 Å². The van der Waals surface area contributed by atoms with Gasteiger partial charge in [0.25, 0.3) is 10.0 Å². The summed E-state index contributed by atoms with van der Waals surface area (Å²) in [6, 6.07) is 18.4. The van der Waals surface area contributed by atoms with Gasteiger partial charge in [-0.05, 0) is 47.5 Å². The molecule has 4 rings (SSSR count). The first-order chi connectivity index (χ1) is 14.3. The molecule has 3 aromatic rings. The first-order valence-corrected chi connectivity index (χ1v) is 11.5. The molecule has 0 aliphatic carbocycles. The molecule has 3 aromatic carbocycles. The van der Waals surface area contributed by atoms with Gasteiger partial charge in [-0.15, -0.1) is 4.40 Å². The molecule has 0 radical (unpaired) electrons. The predicted molar refractivity (Wildman–Crippen MR) is 123 cm³/mol. The molecule has 0 amide bonds. The summed E-state index contributed by atoms with van der Waals surface area (Å²) in [6.45, 7) is 4.61. The molecule has 0 spiro atoms. The van der Waals surface area contributed by atoms with Crippen molar-refractivity contribution in [2.75, 3.05) is 31.1 Å². The lowest BCUT2D eigenvalue weighted by atomic mass is 10.1. The van der Waals surface area contributed by atoms with E-state index in [4.69, 9.17) is 17.3 Å². The van der Waals surface area contributed by atoms with Crippen LogP contribution in [0.3, 0.4) is 0 Å². The van der Waals surface area contributed by atoms with Crippen molar-refractivity contribution in [2.24, 2.45) is 10.1 Å². The lowest BCUT2D eigenvalue weighted by Crippen LogP contribution is -2.51. The van der Waals surface area contributed by atoms with Gasteiger partial charge in [0.2, 0.25) is 5.96 Å². The summed E-state index contributed by atoms with van der Waals surface area (Å²) < 4.78 is 29.4. The minimum atomic E-state index is -3.89. The molecule has 1 saturated heterocycles. The Balaban J connectivity index is 1.50. The maximum atomic E-state index is 12.8. The number of benzene rings is 3. The van der Waals surface area contributed by atoms with E-state index in [0.29, 0.717) is 31.2 Å². The fraction of sp³-hybridized carbons (Fsp3) is 0.227. The number of anilines is 1. The largest absolute Gasteiger partial charge is 0.369 e. The van der Waals surface area contributed by atoms with Crippen molar-refractivity contribution in [2.45, 2.75) is 11.8 Å². The summed E-state index contributed by atoms with van der Waals surface area (Å²) in [5.74, 6) is 0.0191. The second kappa shape index (κ2) is 8.16. The monoisotopic (exact) mass is 442 g/mol. The van der Waals surface area contributed by atoms with E-state index in [9.17, 15) is 8.42 Å². The van der Waals surface area contributed by atoms with E-state index < -0.39 is 10.0 Å². The Morgan fingerprint density at radius 1 is 0.967 bits per heavy atom. The van der Waals surface area contributed by atoms with Crippen molar-refractivity contribution in [3.05, 3.63) is 71.2 Å². The fourth-order valence-electron chi connectivity index (χ4n) is 3.66. The quantitative estimate of drug-likeness (QED) is 0.495. The van der Waals surface area contributed by atoms with Crippen LogP contribution >= 0.6 is 11.6 Å². The Morgan fingerprint density at radius 2 is 1.67 bits per heavy atom. The first-order valence-electron chi connectivity index (χ1n) is 9.69. The molecule has 2 N–H and O–H groups in total. The predicted octanol–water partition coefficient (Wildman–Crippen LogP) is 3.63. The molecule has 0 bridgehead atoms. The van der Waals surface area contributed by atoms with Crippen LogP contribution < -0.4 is 10.6 Å². The molecule has 1 fully saturated rings. The second-order valence-electron chi connectivity index (χ2n) is 7.34. The lowest BCUT2D eigenvalue weighted by Gasteiger charge is -2.37. The topological polar surface area (TPSA) is 79.0 Å². The third-order valence-electron chi connectivity index (χ3n) is 5.35. The van der Waals surface area contributed by atoms with E-state index >= 15 is 0 Å². The summed E-state index contributed by atoms with van der Waals surface area (Å²) in [5, 5.41) is 2.51. The first kappa shape index (κ1) is 20.5. The molecular weight excluding hydrogens is 420 g/mol. The number of sulfonamides is 1. The number of fused-ring (bicyclic) bond motifs is 1. The summed E-state index contributed by atoms with van der Waals surface area (Å²) in [4.78, 5) is 4.16. The highest BCUT2D eigenvalue weighted by atomic mass is 35.5. The molecular formula is C22H23ClN4O2S. The highest BCUT2D eigenvalue weighted by Crippen LogP contribution is 2.25. The summed E-state index contributed by atoms with van der Waals surface area (Å²) in [6.07, 6.45) is 0. The minimum absolute atomic E-state index is 0.0191. The second-order valence-corrected chi connectivity index (χ2v) is 9.38. The van der Waals surface area contributed by atoms with E-state index in [2.05, 4.69) is 9.30 Å². The third-order valence-corrected chi connectivity index (χ3v) is 6.86. The van der Waals surface area contributed by atoms with Crippen molar-refractivity contribution < 1.29 is 8.42 Å². The van der Waals surface area contributed by atoms with Crippen molar-refractivity contribution >= 4 is 44.0 Å². The average molecular weight is 443 g/mol. The highest BCUT2D eigenvalue weighted by molar-refractivity contribution is 7.90. The maximum absolute atomic E-state index is 12.8. The molecule has 0 atom stereocenters. The van der Waals surface area contributed by atoms with E-state index in [1.165, 1.54) is 0 Å². The third kappa shape index (κ3) is 4.22. The lowest BCUT2D eigenvalue weighted by molar-refractivity contribution is 0.382. The number of nitrogens with two attached hydrogens (primary N) is 1. The van der Waals surface area contributed by atoms with Crippen LogP contribution in [0.5, 0.6) is 0 Å².